The number of rotatable bonds is 9. The fraction of sp³-hybridized carbons (Fsp3) is 0.424. The number of halogens is 4. The van der Waals surface area contributed by atoms with Crippen molar-refractivity contribution in [1.82, 2.24) is 14.9 Å². The van der Waals surface area contributed by atoms with Crippen LogP contribution in [0, 0.1) is 5.82 Å². The number of methoxy groups -OCH3 is 1. The highest BCUT2D eigenvalue weighted by atomic mass is 19.4. The van der Waals surface area contributed by atoms with Gasteiger partial charge in [-0.1, -0.05) is 12.6 Å². The molecule has 1 atom stereocenters. The van der Waals surface area contributed by atoms with Crippen LogP contribution in [-0.4, -0.2) is 79.9 Å². The number of piperidine rings is 1. The maximum absolute atomic E-state index is 14.0. The van der Waals surface area contributed by atoms with Gasteiger partial charge in [0.15, 0.2) is 5.82 Å². The van der Waals surface area contributed by atoms with Gasteiger partial charge in [-0.3, -0.25) is 14.5 Å². The number of nitrogens with one attached hydrogen (secondary N) is 2. The Bertz CT molecular complexity index is 1630. The number of hydroxylamine groups is 1. The summed E-state index contributed by atoms with van der Waals surface area (Å²) in [5.74, 6) is -0.592. The zero-order valence-corrected chi connectivity index (χ0v) is 26.4. The van der Waals surface area contributed by atoms with E-state index in [1.165, 1.54) is 23.5 Å². The van der Waals surface area contributed by atoms with Gasteiger partial charge in [-0.25, -0.2) is 19.4 Å². The summed E-state index contributed by atoms with van der Waals surface area (Å²) in [5.41, 5.74) is 0.765. The number of aromatic nitrogens is 2. The number of ether oxygens (including phenoxy) is 2. The molecular formula is C33H37F4N7O4. The Kier molecular flexibility index (Phi) is 9.99. The Morgan fingerprint density at radius 1 is 1.02 bits per heavy atom. The van der Waals surface area contributed by atoms with Crippen molar-refractivity contribution in [2.24, 2.45) is 0 Å². The van der Waals surface area contributed by atoms with Crippen LogP contribution < -0.4 is 25.3 Å². The molecule has 3 aliphatic rings. The first-order valence-electron chi connectivity index (χ1n) is 15.7. The smallest absolute Gasteiger partial charge is 0.419 e. The van der Waals surface area contributed by atoms with E-state index in [-0.39, 0.29) is 23.9 Å². The Morgan fingerprint density at radius 3 is 2.50 bits per heavy atom. The van der Waals surface area contributed by atoms with E-state index in [9.17, 15) is 22.4 Å². The maximum Gasteiger partial charge on any atom is 0.419 e. The monoisotopic (exact) mass is 671 g/mol. The highest BCUT2D eigenvalue weighted by Gasteiger charge is 2.37. The SMILES string of the molecule is C=CC(=O)Nc1cc(Nc2cc(N3OCCC3c3ccc(F)c(C(F)(F)F)c3)ncn2)c(OC)cc1N1CCC(N2CCOCC2)CC1. The fourth-order valence-electron chi connectivity index (χ4n) is 6.43. The molecule has 0 aliphatic carbocycles. The summed E-state index contributed by atoms with van der Waals surface area (Å²) in [6.07, 6.45) is -0.0447. The van der Waals surface area contributed by atoms with Crippen molar-refractivity contribution in [3.05, 3.63) is 72.3 Å². The topological polar surface area (TPSA) is 104 Å². The Hall–Kier alpha value is -4.47. The van der Waals surface area contributed by atoms with E-state index in [4.69, 9.17) is 14.3 Å². The molecule has 1 unspecified atom stereocenters. The zero-order chi connectivity index (χ0) is 33.8. The summed E-state index contributed by atoms with van der Waals surface area (Å²) < 4.78 is 65.6. The number of morpholine rings is 1. The van der Waals surface area contributed by atoms with Crippen LogP contribution in [0.5, 0.6) is 5.75 Å². The molecule has 1 amide bonds. The first kappa shape index (κ1) is 33.4. The van der Waals surface area contributed by atoms with Crippen molar-refractivity contribution in [2.75, 3.05) is 73.7 Å². The molecule has 6 rings (SSSR count). The molecule has 1 aromatic heterocycles. The molecule has 2 N–H and O–H groups in total. The van der Waals surface area contributed by atoms with Crippen LogP contribution >= 0.6 is 0 Å². The molecule has 2 aromatic carbocycles. The van der Waals surface area contributed by atoms with Gasteiger partial charge < -0.3 is 25.0 Å². The normalized spacial score (nSPS) is 19.3. The third-order valence-corrected chi connectivity index (χ3v) is 8.85. The van der Waals surface area contributed by atoms with E-state index in [1.54, 1.807) is 19.2 Å². The van der Waals surface area contributed by atoms with E-state index in [1.807, 2.05) is 6.07 Å². The van der Waals surface area contributed by atoms with Crippen LogP contribution in [0.3, 0.4) is 0 Å². The summed E-state index contributed by atoms with van der Waals surface area (Å²) in [5, 5.41) is 7.54. The van der Waals surface area contributed by atoms with E-state index in [0.29, 0.717) is 35.4 Å². The largest absolute Gasteiger partial charge is 0.494 e. The van der Waals surface area contributed by atoms with Crippen molar-refractivity contribution < 1.29 is 36.7 Å². The van der Waals surface area contributed by atoms with Gasteiger partial charge >= 0.3 is 6.18 Å². The second-order valence-electron chi connectivity index (χ2n) is 11.7. The molecule has 15 heteroatoms. The van der Waals surface area contributed by atoms with Crippen molar-refractivity contribution >= 4 is 34.6 Å². The minimum Gasteiger partial charge on any atom is -0.494 e. The molecular weight excluding hydrogens is 634 g/mol. The Balaban J connectivity index is 1.24. The minimum absolute atomic E-state index is 0.224. The van der Waals surface area contributed by atoms with Gasteiger partial charge in [0.2, 0.25) is 5.91 Å². The molecule has 3 fully saturated rings. The van der Waals surface area contributed by atoms with Crippen LogP contribution in [0.15, 0.2) is 55.4 Å². The van der Waals surface area contributed by atoms with E-state index < -0.39 is 23.6 Å². The van der Waals surface area contributed by atoms with Crippen molar-refractivity contribution in [3.8, 4) is 5.75 Å². The summed E-state index contributed by atoms with van der Waals surface area (Å²) in [4.78, 5) is 31.6. The molecule has 3 aromatic rings. The molecule has 0 bridgehead atoms. The third-order valence-electron chi connectivity index (χ3n) is 8.85. The molecule has 256 valence electrons. The number of alkyl halides is 3. The lowest BCUT2D eigenvalue weighted by Crippen LogP contribution is -2.49. The number of carbonyl (C=O) groups excluding carboxylic acids is 1. The molecule has 0 spiro atoms. The summed E-state index contributed by atoms with van der Waals surface area (Å²) in [6.45, 7) is 8.76. The second kappa shape index (κ2) is 14.3. The van der Waals surface area contributed by atoms with Gasteiger partial charge in [-0.05, 0) is 42.7 Å². The molecule has 0 radical (unpaired) electrons. The standard InChI is InChI=1S/C33H37F4N7O4/c1-3-32(45)41-25-17-26(29(46-2)18-28(25)43-9-6-22(7-10-43)42-11-14-47-15-12-42)40-30-19-31(39-20-38-30)44-27(8-13-48-44)21-4-5-24(34)23(16-21)33(35,36)37/h3-5,16-20,22,27H,1,6-15H2,2H3,(H,41,45)(H,38,39,40). The van der Waals surface area contributed by atoms with Gasteiger partial charge in [0.1, 0.15) is 23.7 Å². The predicted octanol–water partition coefficient (Wildman–Crippen LogP) is 5.70. The van der Waals surface area contributed by atoms with E-state index in [0.717, 1.165) is 70.1 Å². The number of anilines is 5. The van der Waals surface area contributed by atoms with E-state index >= 15 is 0 Å². The summed E-state index contributed by atoms with van der Waals surface area (Å²) in [6, 6.07) is 7.97. The molecule has 3 aliphatic heterocycles. The summed E-state index contributed by atoms with van der Waals surface area (Å²) in [7, 11) is 1.54. The Morgan fingerprint density at radius 2 is 1.79 bits per heavy atom. The highest BCUT2D eigenvalue weighted by molar-refractivity contribution is 6.02. The average molecular weight is 672 g/mol. The predicted molar refractivity (Wildman–Crippen MR) is 172 cm³/mol. The highest BCUT2D eigenvalue weighted by Crippen LogP contribution is 2.41. The van der Waals surface area contributed by atoms with Crippen LogP contribution in [-0.2, 0) is 20.5 Å². The number of amides is 1. The van der Waals surface area contributed by atoms with Gasteiger partial charge in [0.05, 0.1) is 55.6 Å². The summed E-state index contributed by atoms with van der Waals surface area (Å²) >= 11 is 0. The van der Waals surface area contributed by atoms with Crippen molar-refractivity contribution in [3.63, 3.8) is 0 Å². The van der Waals surface area contributed by atoms with Crippen LogP contribution in [0.2, 0.25) is 0 Å². The van der Waals surface area contributed by atoms with Crippen molar-refractivity contribution in [2.45, 2.75) is 37.5 Å². The maximum atomic E-state index is 14.0. The number of benzene rings is 2. The number of hydrogen-bond acceptors (Lipinski definition) is 10. The zero-order valence-electron chi connectivity index (χ0n) is 26.4. The molecule has 11 nitrogen and oxygen atoms in total. The second-order valence-corrected chi connectivity index (χ2v) is 11.7. The average Bonchev–Trinajstić information content (AvgIpc) is 3.59. The first-order chi connectivity index (χ1) is 23.1. The van der Waals surface area contributed by atoms with E-state index in [2.05, 4.69) is 37.0 Å². The molecule has 48 heavy (non-hydrogen) atoms. The van der Waals surface area contributed by atoms with Crippen LogP contribution in [0.1, 0.15) is 36.4 Å². The lowest BCUT2D eigenvalue weighted by atomic mass is 10.0. The van der Waals surface area contributed by atoms with Gasteiger partial charge in [0.25, 0.3) is 0 Å². The number of carbonyl (C=O) groups is 1. The number of nitrogens with zero attached hydrogens (tertiary/aromatic N) is 5. The van der Waals surface area contributed by atoms with Gasteiger partial charge in [0, 0.05) is 50.8 Å². The quantitative estimate of drug-likeness (QED) is 0.218. The van der Waals surface area contributed by atoms with Crippen LogP contribution in [0.25, 0.3) is 0 Å². The Labute approximate surface area is 275 Å². The molecule has 4 heterocycles. The lowest BCUT2D eigenvalue weighted by Gasteiger charge is -2.41. The molecule has 3 saturated heterocycles. The van der Waals surface area contributed by atoms with Gasteiger partial charge in [-0.2, -0.15) is 13.2 Å². The third kappa shape index (κ3) is 7.32. The molecule has 0 saturated carbocycles. The van der Waals surface area contributed by atoms with Gasteiger partial charge in [-0.15, -0.1) is 0 Å². The number of hydrogen-bond donors (Lipinski definition) is 2. The fourth-order valence-corrected chi connectivity index (χ4v) is 6.43. The van der Waals surface area contributed by atoms with Crippen LogP contribution in [0.4, 0.5) is 46.3 Å². The minimum atomic E-state index is -4.84. The van der Waals surface area contributed by atoms with Crippen molar-refractivity contribution in [1.29, 1.82) is 0 Å². The first-order valence-corrected chi connectivity index (χ1v) is 15.7. The lowest BCUT2D eigenvalue weighted by molar-refractivity contribution is -0.140.